The van der Waals surface area contributed by atoms with E-state index >= 15 is 0 Å². The van der Waals surface area contributed by atoms with Crippen molar-refractivity contribution in [3.05, 3.63) is 23.9 Å². The minimum absolute atomic E-state index is 0.0509. The van der Waals surface area contributed by atoms with Crippen molar-refractivity contribution < 1.29 is 17.9 Å². The van der Waals surface area contributed by atoms with Gasteiger partial charge in [-0.05, 0) is 51.9 Å². The summed E-state index contributed by atoms with van der Waals surface area (Å²) in [4.78, 5) is 2.11. The average molecular weight is 327 g/mol. The van der Waals surface area contributed by atoms with Crippen LogP contribution in [0.25, 0.3) is 10.9 Å². The molecule has 0 radical (unpaired) electrons. The van der Waals surface area contributed by atoms with Gasteiger partial charge in [0.05, 0.1) is 11.7 Å². The van der Waals surface area contributed by atoms with Crippen LogP contribution in [0.15, 0.2) is 18.3 Å². The fourth-order valence-electron chi connectivity index (χ4n) is 3.26. The van der Waals surface area contributed by atoms with E-state index in [-0.39, 0.29) is 17.2 Å². The van der Waals surface area contributed by atoms with Crippen LogP contribution in [0.3, 0.4) is 0 Å². The van der Waals surface area contributed by atoms with Crippen molar-refractivity contribution in [3.8, 4) is 5.75 Å². The van der Waals surface area contributed by atoms with Gasteiger partial charge in [-0.3, -0.25) is 5.10 Å². The number of H-pyrrole nitrogens is 1. The fraction of sp³-hybridized carbons (Fsp3) is 0.562. The molecule has 23 heavy (non-hydrogen) atoms. The van der Waals surface area contributed by atoms with Crippen LogP contribution >= 0.6 is 0 Å². The molecule has 1 aromatic heterocycles. The van der Waals surface area contributed by atoms with Crippen LogP contribution in [0, 0.1) is 0 Å². The summed E-state index contributed by atoms with van der Waals surface area (Å²) in [6.45, 7) is 0. The maximum atomic E-state index is 13.5. The van der Waals surface area contributed by atoms with Crippen molar-refractivity contribution >= 4 is 10.9 Å². The van der Waals surface area contributed by atoms with Crippen LogP contribution in [0.2, 0.25) is 0 Å². The molecule has 1 aromatic carbocycles. The van der Waals surface area contributed by atoms with Gasteiger partial charge in [-0.25, -0.2) is 0 Å². The third-order valence-electron chi connectivity index (χ3n) is 4.49. The Hall–Kier alpha value is -1.76. The number of hydrogen-bond donors (Lipinski definition) is 1. The van der Waals surface area contributed by atoms with E-state index in [1.54, 1.807) is 6.07 Å². The smallest absolute Gasteiger partial charge is 0.420 e. The van der Waals surface area contributed by atoms with Gasteiger partial charge in [0, 0.05) is 11.4 Å². The summed E-state index contributed by atoms with van der Waals surface area (Å²) in [6, 6.07) is 3.32. The number of nitrogens with zero attached hydrogens (tertiary/aromatic N) is 2. The second-order valence-electron chi connectivity index (χ2n) is 6.29. The largest absolute Gasteiger partial charge is 0.490 e. The van der Waals surface area contributed by atoms with E-state index in [1.807, 2.05) is 14.1 Å². The van der Waals surface area contributed by atoms with Crippen molar-refractivity contribution in [3.63, 3.8) is 0 Å². The monoisotopic (exact) mass is 327 g/mol. The number of fused-ring (bicyclic) bond motifs is 1. The molecule has 0 aliphatic heterocycles. The van der Waals surface area contributed by atoms with Crippen LogP contribution in [0.1, 0.15) is 31.2 Å². The molecule has 0 bridgehead atoms. The predicted octanol–water partition coefficient (Wildman–Crippen LogP) is 3.83. The lowest BCUT2D eigenvalue weighted by molar-refractivity contribution is -0.138. The number of aromatic amines is 1. The quantitative estimate of drug-likeness (QED) is 0.931. The van der Waals surface area contributed by atoms with E-state index in [0.717, 1.165) is 25.7 Å². The Kier molecular flexibility index (Phi) is 4.23. The van der Waals surface area contributed by atoms with E-state index in [9.17, 15) is 13.2 Å². The Morgan fingerprint density at radius 2 is 2.04 bits per heavy atom. The van der Waals surface area contributed by atoms with E-state index in [4.69, 9.17) is 4.74 Å². The van der Waals surface area contributed by atoms with Gasteiger partial charge < -0.3 is 9.64 Å². The molecule has 2 aromatic rings. The van der Waals surface area contributed by atoms with Crippen molar-refractivity contribution in [1.82, 2.24) is 15.1 Å². The number of halogens is 3. The zero-order valence-corrected chi connectivity index (χ0v) is 13.2. The highest BCUT2D eigenvalue weighted by molar-refractivity contribution is 5.84. The van der Waals surface area contributed by atoms with E-state index < -0.39 is 11.7 Å². The maximum Gasteiger partial charge on any atom is 0.420 e. The molecule has 1 aliphatic carbocycles. The topological polar surface area (TPSA) is 41.1 Å². The van der Waals surface area contributed by atoms with E-state index in [0.29, 0.717) is 11.6 Å². The summed E-state index contributed by atoms with van der Waals surface area (Å²) in [7, 11) is 3.98. The van der Waals surface area contributed by atoms with Gasteiger partial charge >= 0.3 is 6.18 Å². The Morgan fingerprint density at radius 1 is 1.26 bits per heavy atom. The molecular formula is C16H20F3N3O. The molecule has 4 nitrogen and oxygen atoms in total. The molecule has 7 heteroatoms. The van der Waals surface area contributed by atoms with E-state index in [2.05, 4.69) is 15.1 Å². The molecule has 1 saturated carbocycles. The Bertz CT molecular complexity index is 681. The number of benzene rings is 1. The first-order chi connectivity index (χ1) is 10.9. The highest BCUT2D eigenvalue weighted by Crippen LogP contribution is 2.41. The standard InChI is InChI=1S/C16H20F3N3O/c1-22(2)10-4-3-5-11(8-10)23-14-7-6-13-12(9-20-21-13)15(14)16(17,18)19/h6-7,9-11H,3-5,8H2,1-2H3,(H,20,21)/t10-,11+/m1/s1. The molecule has 0 amide bonds. The Balaban J connectivity index is 1.90. The van der Waals surface area contributed by atoms with Gasteiger partial charge in [-0.15, -0.1) is 0 Å². The van der Waals surface area contributed by atoms with Crippen molar-refractivity contribution in [2.24, 2.45) is 0 Å². The highest BCUT2D eigenvalue weighted by atomic mass is 19.4. The second-order valence-corrected chi connectivity index (χ2v) is 6.29. The molecule has 1 N–H and O–H groups in total. The molecule has 0 unspecified atom stereocenters. The zero-order valence-electron chi connectivity index (χ0n) is 13.2. The first kappa shape index (κ1) is 16.1. The molecule has 126 valence electrons. The average Bonchev–Trinajstić information content (AvgIpc) is 2.94. The summed E-state index contributed by atoms with van der Waals surface area (Å²) in [5, 5.41) is 6.33. The summed E-state index contributed by atoms with van der Waals surface area (Å²) in [6.07, 6.45) is 0.0751. The molecule has 1 heterocycles. The number of aromatic nitrogens is 2. The van der Waals surface area contributed by atoms with Gasteiger partial charge in [-0.2, -0.15) is 18.3 Å². The number of nitrogens with one attached hydrogen (secondary N) is 1. The molecule has 3 rings (SSSR count). The normalized spacial score (nSPS) is 22.7. The number of alkyl halides is 3. The van der Waals surface area contributed by atoms with Gasteiger partial charge in [0.25, 0.3) is 0 Å². The molecule has 1 aliphatic rings. The van der Waals surface area contributed by atoms with Crippen molar-refractivity contribution in [2.75, 3.05) is 14.1 Å². The molecule has 0 spiro atoms. The number of ether oxygens (including phenoxy) is 1. The van der Waals surface area contributed by atoms with Crippen LogP contribution < -0.4 is 4.74 Å². The minimum Gasteiger partial charge on any atom is -0.490 e. The number of rotatable bonds is 3. The lowest BCUT2D eigenvalue weighted by Crippen LogP contribution is -2.37. The predicted molar refractivity (Wildman–Crippen MR) is 81.5 cm³/mol. The Labute approximate surface area is 132 Å². The van der Waals surface area contributed by atoms with Gasteiger partial charge in [-0.1, -0.05) is 0 Å². The lowest BCUT2D eigenvalue weighted by atomic mass is 9.92. The molecular weight excluding hydrogens is 307 g/mol. The van der Waals surface area contributed by atoms with Gasteiger partial charge in [0.1, 0.15) is 17.4 Å². The maximum absolute atomic E-state index is 13.5. The lowest BCUT2D eigenvalue weighted by Gasteiger charge is -2.34. The zero-order chi connectivity index (χ0) is 16.6. The summed E-state index contributed by atoms with van der Waals surface area (Å²) >= 11 is 0. The first-order valence-electron chi connectivity index (χ1n) is 7.72. The number of hydrogen-bond acceptors (Lipinski definition) is 3. The first-order valence-corrected chi connectivity index (χ1v) is 7.72. The van der Waals surface area contributed by atoms with E-state index in [1.165, 1.54) is 12.3 Å². The Morgan fingerprint density at radius 3 is 2.74 bits per heavy atom. The van der Waals surface area contributed by atoms with Crippen LogP contribution in [0.5, 0.6) is 5.75 Å². The van der Waals surface area contributed by atoms with Gasteiger partial charge in [0.15, 0.2) is 0 Å². The summed E-state index contributed by atoms with van der Waals surface area (Å²) in [5.41, 5.74) is -0.379. The third-order valence-corrected chi connectivity index (χ3v) is 4.49. The van der Waals surface area contributed by atoms with Crippen molar-refractivity contribution in [1.29, 1.82) is 0 Å². The minimum atomic E-state index is -4.48. The summed E-state index contributed by atoms with van der Waals surface area (Å²) < 4.78 is 46.2. The van der Waals surface area contributed by atoms with Crippen LogP contribution in [0.4, 0.5) is 13.2 Å². The van der Waals surface area contributed by atoms with Gasteiger partial charge in [0.2, 0.25) is 0 Å². The third kappa shape index (κ3) is 3.29. The van der Waals surface area contributed by atoms with Crippen LogP contribution in [-0.2, 0) is 6.18 Å². The van der Waals surface area contributed by atoms with Crippen LogP contribution in [-0.4, -0.2) is 41.3 Å². The fourth-order valence-corrected chi connectivity index (χ4v) is 3.26. The summed E-state index contributed by atoms with van der Waals surface area (Å²) in [5.74, 6) is -0.101. The second kappa shape index (κ2) is 6.03. The van der Waals surface area contributed by atoms with Crippen molar-refractivity contribution in [2.45, 2.75) is 44.0 Å². The SMILES string of the molecule is CN(C)[C@@H]1CCC[C@H](Oc2ccc3[nH]ncc3c2C(F)(F)F)C1. The highest BCUT2D eigenvalue weighted by Gasteiger charge is 2.38. The molecule has 0 saturated heterocycles. The molecule has 2 atom stereocenters. The molecule has 1 fully saturated rings.